The van der Waals surface area contributed by atoms with Crippen LogP contribution in [-0.4, -0.2) is 23.1 Å². The topological polar surface area (TPSA) is 61.0 Å². The van der Waals surface area contributed by atoms with E-state index in [1.807, 2.05) is 6.92 Å². The first-order valence-electron chi connectivity index (χ1n) is 7.88. The minimum Gasteiger partial charge on any atom is -0.477 e. The zero-order valence-electron chi connectivity index (χ0n) is 13.7. The first kappa shape index (κ1) is 16.4. The summed E-state index contributed by atoms with van der Waals surface area (Å²) in [4.78, 5) is 8.96. The maximum absolute atomic E-state index is 5.94. The van der Waals surface area contributed by atoms with Gasteiger partial charge >= 0.3 is 0 Å². The first-order chi connectivity index (χ1) is 10.6. The second-order valence-electron chi connectivity index (χ2n) is 5.48. The van der Waals surface area contributed by atoms with Crippen molar-refractivity contribution < 1.29 is 4.74 Å². The van der Waals surface area contributed by atoms with Gasteiger partial charge in [-0.3, -0.25) is 0 Å². The summed E-state index contributed by atoms with van der Waals surface area (Å²) in [5, 5.41) is 0. The minimum atomic E-state index is 0.577. The summed E-state index contributed by atoms with van der Waals surface area (Å²) >= 11 is 0. The monoisotopic (exact) mass is 299 g/mol. The molecule has 0 unspecified atom stereocenters. The van der Waals surface area contributed by atoms with E-state index >= 15 is 0 Å². The van der Waals surface area contributed by atoms with Crippen molar-refractivity contribution in [1.29, 1.82) is 0 Å². The molecule has 0 saturated carbocycles. The molecular weight excluding hydrogens is 274 g/mol. The molecule has 1 aromatic carbocycles. The number of hydrogen-bond donors (Lipinski definition) is 1. The molecule has 1 heterocycles. The highest BCUT2D eigenvalue weighted by Crippen LogP contribution is 2.20. The number of nitrogens with zero attached hydrogens (tertiary/aromatic N) is 2. The van der Waals surface area contributed by atoms with Gasteiger partial charge in [0.15, 0.2) is 0 Å². The third-order valence-corrected chi connectivity index (χ3v) is 3.65. The number of nitrogens with two attached hydrogens (primary N) is 1. The molecule has 22 heavy (non-hydrogen) atoms. The maximum atomic E-state index is 5.94. The summed E-state index contributed by atoms with van der Waals surface area (Å²) in [6.07, 6.45) is 2.49. The van der Waals surface area contributed by atoms with Gasteiger partial charge in [-0.1, -0.05) is 36.8 Å². The summed E-state index contributed by atoms with van der Waals surface area (Å²) in [5.74, 6) is 1.45. The lowest BCUT2D eigenvalue weighted by Gasteiger charge is -2.14. The molecule has 0 spiro atoms. The molecule has 0 radical (unpaired) electrons. The lowest BCUT2D eigenvalue weighted by molar-refractivity contribution is 0.304. The average Bonchev–Trinajstić information content (AvgIpc) is 2.51. The van der Waals surface area contributed by atoms with Crippen LogP contribution in [0.2, 0.25) is 0 Å². The van der Waals surface area contributed by atoms with E-state index in [4.69, 9.17) is 10.5 Å². The zero-order chi connectivity index (χ0) is 15.9. The van der Waals surface area contributed by atoms with Crippen molar-refractivity contribution in [3.05, 3.63) is 52.5 Å². The molecule has 118 valence electrons. The van der Waals surface area contributed by atoms with Crippen LogP contribution in [0.4, 0.5) is 0 Å². The number of rotatable bonds is 7. The third kappa shape index (κ3) is 4.28. The smallest absolute Gasteiger partial charge is 0.220 e. The maximum Gasteiger partial charge on any atom is 0.220 e. The van der Waals surface area contributed by atoms with Gasteiger partial charge in [0.05, 0.1) is 12.3 Å². The van der Waals surface area contributed by atoms with Gasteiger partial charge in [-0.15, -0.1) is 0 Å². The fraction of sp³-hybridized carbons (Fsp3) is 0.444. The Hall–Kier alpha value is -1.94. The van der Waals surface area contributed by atoms with E-state index in [2.05, 4.69) is 48.1 Å². The molecule has 4 nitrogen and oxygen atoms in total. The van der Waals surface area contributed by atoms with Gasteiger partial charge in [0.25, 0.3) is 0 Å². The Kier molecular flexibility index (Phi) is 5.90. The Balaban J connectivity index is 2.07. The van der Waals surface area contributed by atoms with Crippen molar-refractivity contribution in [2.45, 2.75) is 40.0 Å². The molecule has 0 atom stereocenters. The Morgan fingerprint density at radius 1 is 1.05 bits per heavy atom. The molecule has 2 aromatic rings. The first-order valence-corrected chi connectivity index (χ1v) is 7.88. The number of aryl methyl sites for hydroxylation is 3. The van der Waals surface area contributed by atoms with Crippen LogP contribution in [0.5, 0.6) is 5.88 Å². The highest BCUT2D eigenvalue weighted by Gasteiger charge is 2.12. The van der Waals surface area contributed by atoms with Crippen LogP contribution < -0.4 is 10.5 Å². The van der Waals surface area contributed by atoms with Crippen LogP contribution in [0.3, 0.4) is 0 Å². The molecule has 0 saturated heterocycles. The number of hydrogen-bond acceptors (Lipinski definition) is 4. The lowest BCUT2D eigenvalue weighted by Crippen LogP contribution is -2.13. The Bertz CT molecular complexity index is 608. The molecule has 0 fully saturated rings. The van der Waals surface area contributed by atoms with E-state index in [9.17, 15) is 0 Å². The molecule has 2 N–H and O–H groups in total. The van der Waals surface area contributed by atoms with Gasteiger partial charge in [0.2, 0.25) is 5.88 Å². The SMILES string of the molecule is CCc1nc(C)nc(OCCc2ccc(C)cc2)c1CCN. The summed E-state index contributed by atoms with van der Waals surface area (Å²) in [6.45, 7) is 7.28. The fourth-order valence-electron chi connectivity index (χ4n) is 2.45. The predicted octanol–water partition coefficient (Wildman–Crippen LogP) is 2.78. The number of ether oxygens (including phenoxy) is 1. The van der Waals surface area contributed by atoms with Gasteiger partial charge in [-0.25, -0.2) is 4.98 Å². The molecule has 0 amide bonds. The summed E-state index contributed by atoms with van der Waals surface area (Å²) < 4.78 is 5.94. The van der Waals surface area contributed by atoms with Gasteiger partial charge in [0.1, 0.15) is 5.82 Å². The predicted molar refractivity (Wildman–Crippen MR) is 89.3 cm³/mol. The summed E-state index contributed by atoms with van der Waals surface area (Å²) in [7, 11) is 0. The van der Waals surface area contributed by atoms with Crippen molar-refractivity contribution in [3.63, 3.8) is 0 Å². The number of aromatic nitrogens is 2. The molecule has 4 heteroatoms. The van der Waals surface area contributed by atoms with E-state index in [-0.39, 0.29) is 0 Å². The Morgan fingerprint density at radius 2 is 1.77 bits per heavy atom. The van der Waals surface area contributed by atoms with Crippen LogP contribution in [0.15, 0.2) is 24.3 Å². The van der Waals surface area contributed by atoms with Crippen LogP contribution in [0.1, 0.15) is 35.1 Å². The van der Waals surface area contributed by atoms with E-state index in [0.29, 0.717) is 19.0 Å². The molecule has 0 bridgehead atoms. The van der Waals surface area contributed by atoms with E-state index in [0.717, 1.165) is 36.3 Å². The van der Waals surface area contributed by atoms with Crippen molar-refractivity contribution in [1.82, 2.24) is 9.97 Å². The van der Waals surface area contributed by atoms with Gasteiger partial charge in [-0.05, 0) is 38.8 Å². The van der Waals surface area contributed by atoms with Crippen molar-refractivity contribution in [2.24, 2.45) is 5.73 Å². The highest BCUT2D eigenvalue weighted by molar-refractivity contribution is 5.32. The van der Waals surface area contributed by atoms with Gasteiger partial charge in [-0.2, -0.15) is 4.98 Å². The van der Waals surface area contributed by atoms with Crippen LogP contribution in [0.25, 0.3) is 0 Å². The molecule has 1 aromatic heterocycles. The summed E-state index contributed by atoms with van der Waals surface area (Å²) in [5.41, 5.74) is 10.4. The van der Waals surface area contributed by atoms with Crippen LogP contribution in [-0.2, 0) is 19.3 Å². The second-order valence-corrected chi connectivity index (χ2v) is 5.48. The largest absolute Gasteiger partial charge is 0.477 e. The quantitative estimate of drug-likeness (QED) is 0.854. The molecular formula is C18H25N3O. The van der Waals surface area contributed by atoms with E-state index in [1.54, 1.807) is 0 Å². The van der Waals surface area contributed by atoms with Gasteiger partial charge < -0.3 is 10.5 Å². The third-order valence-electron chi connectivity index (χ3n) is 3.65. The molecule has 2 rings (SSSR count). The normalized spacial score (nSPS) is 10.7. The fourth-order valence-corrected chi connectivity index (χ4v) is 2.45. The number of benzene rings is 1. The van der Waals surface area contributed by atoms with Crippen molar-refractivity contribution >= 4 is 0 Å². The summed E-state index contributed by atoms with van der Waals surface area (Å²) in [6, 6.07) is 8.53. The van der Waals surface area contributed by atoms with E-state index < -0.39 is 0 Å². The van der Waals surface area contributed by atoms with Crippen molar-refractivity contribution in [2.75, 3.05) is 13.2 Å². The minimum absolute atomic E-state index is 0.577. The van der Waals surface area contributed by atoms with Gasteiger partial charge in [0, 0.05) is 12.0 Å². The second kappa shape index (κ2) is 7.90. The zero-order valence-corrected chi connectivity index (χ0v) is 13.7. The molecule has 0 aliphatic carbocycles. The lowest BCUT2D eigenvalue weighted by atomic mass is 10.1. The Morgan fingerprint density at radius 3 is 2.41 bits per heavy atom. The average molecular weight is 299 g/mol. The van der Waals surface area contributed by atoms with Crippen LogP contribution >= 0.6 is 0 Å². The standard InChI is InChI=1S/C18H25N3O/c1-4-17-16(9-11-19)18(21-14(3)20-17)22-12-10-15-7-5-13(2)6-8-15/h5-8H,4,9-12,19H2,1-3H3. The highest BCUT2D eigenvalue weighted by atomic mass is 16.5. The molecule has 0 aliphatic rings. The Labute approximate surface area is 132 Å². The van der Waals surface area contributed by atoms with Crippen LogP contribution in [0, 0.1) is 13.8 Å². The molecule has 0 aliphatic heterocycles. The van der Waals surface area contributed by atoms with Crippen molar-refractivity contribution in [3.8, 4) is 5.88 Å². The van der Waals surface area contributed by atoms with E-state index in [1.165, 1.54) is 11.1 Å².